The molecule has 328 valence electrons. The molecule has 5 aliphatic rings. The zero-order valence-corrected chi connectivity index (χ0v) is 36.0. The highest BCUT2D eigenvalue weighted by atomic mass is 32.2. The van der Waals surface area contributed by atoms with Gasteiger partial charge in [-0.05, 0) is 95.4 Å². The number of alkyl carbamates (subject to hydrolysis) is 1. The Morgan fingerprint density at radius 2 is 1.83 bits per heavy atom. The summed E-state index contributed by atoms with van der Waals surface area (Å²) in [6.07, 6.45) is 6.34. The molecule has 7 rings (SSSR count). The molecular formula is C43H57F2N5O9S. The SMILES string of the molecule is CC[C@@H]1C[C@H](C)CC/C=C\[C@@H]2C[C@@]2(C(=O)NS(=O)(=O)C2(C)CC2)NC(=O)[C@@H]2C[C@@H](Oc3nc4c(c5ccccc35)CCCO4)CN2C(=O)[C@H]1NC(=O)OC(C)(C)C(C)(F)F. The van der Waals surface area contributed by atoms with Crippen LogP contribution in [0.1, 0.15) is 105 Å². The molecule has 3 aliphatic heterocycles. The van der Waals surface area contributed by atoms with Gasteiger partial charge in [0, 0.05) is 30.2 Å². The molecule has 1 aromatic carbocycles. The molecule has 14 nitrogen and oxygen atoms in total. The fraction of sp³-hybridized carbons (Fsp3) is 0.651. The largest absolute Gasteiger partial charge is 0.477 e. The Bertz CT molecular complexity index is 2170. The zero-order valence-electron chi connectivity index (χ0n) is 35.1. The van der Waals surface area contributed by atoms with Gasteiger partial charge in [-0.3, -0.25) is 19.1 Å². The minimum atomic E-state index is -4.06. The molecule has 2 saturated carbocycles. The highest BCUT2D eigenvalue weighted by Crippen LogP contribution is 2.48. The van der Waals surface area contributed by atoms with Crippen molar-refractivity contribution in [3.63, 3.8) is 0 Å². The number of alkyl halides is 2. The van der Waals surface area contributed by atoms with Crippen molar-refractivity contribution in [2.45, 2.75) is 146 Å². The summed E-state index contributed by atoms with van der Waals surface area (Å²) >= 11 is 0. The van der Waals surface area contributed by atoms with Gasteiger partial charge < -0.3 is 29.7 Å². The van der Waals surface area contributed by atoms with E-state index in [2.05, 4.69) is 15.4 Å². The fourth-order valence-electron chi connectivity index (χ4n) is 8.59. The summed E-state index contributed by atoms with van der Waals surface area (Å²) in [7, 11) is -4.06. The number of nitrogens with one attached hydrogen (secondary N) is 3. The maximum absolute atomic E-state index is 15.1. The molecule has 2 aliphatic carbocycles. The van der Waals surface area contributed by atoms with Crippen molar-refractivity contribution in [1.29, 1.82) is 0 Å². The molecule has 17 heteroatoms. The van der Waals surface area contributed by atoms with Crippen LogP contribution >= 0.6 is 0 Å². The van der Waals surface area contributed by atoms with Gasteiger partial charge in [-0.2, -0.15) is 4.98 Å². The summed E-state index contributed by atoms with van der Waals surface area (Å²) in [6.45, 7) is 8.59. The van der Waals surface area contributed by atoms with Crippen molar-refractivity contribution in [3.8, 4) is 11.8 Å². The van der Waals surface area contributed by atoms with E-state index < -0.39 is 85.7 Å². The number of hydrogen-bond donors (Lipinski definition) is 3. The molecule has 4 heterocycles. The predicted octanol–water partition coefficient (Wildman–Crippen LogP) is 5.71. The fourth-order valence-corrected chi connectivity index (χ4v) is 9.90. The zero-order chi connectivity index (χ0) is 43.4. The van der Waals surface area contributed by atoms with Crippen LogP contribution in [0.15, 0.2) is 36.4 Å². The van der Waals surface area contributed by atoms with Gasteiger partial charge in [-0.1, -0.05) is 50.6 Å². The monoisotopic (exact) mass is 857 g/mol. The number of allylic oxidation sites excluding steroid dienone is 1. The van der Waals surface area contributed by atoms with Gasteiger partial charge in [0.25, 0.3) is 11.8 Å². The number of carbonyl (C=O) groups is 4. The average Bonchev–Trinajstić information content (AvgIpc) is 4.07. The maximum atomic E-state index is 15.1. The van der Waals surface area contributed by atoms with Gasteiger partial charge in [0.2, 0.25) is 33.6 Å². The van der Waals surface area contributed by atoms with E-state index in [9.17, 15) is 31.6 Å². The molecule has 0 spiro atoms. The maximum Gasteiger partial charge on any atom is 0.408 e. The lowest BCUT2D eigenvalue weighted by Gasteiger charge is -2.35. The Morgan fingerprint density at radius 3 is 2.52 bits per heavy atom. The molecule has 2 aromatic rings. The highest BCUT2D eigenvalue weighted by molar-refractivity contribution is 7.91. The van der Waals surface area contributed by atoms with Crippen LogP contribution in [0.4, 0.5) is 13.6 Å². The summed E-state index contributed by atoms with van der Waals surface area (Å²) in [4.78, 5) is 63.3. The molecule has 60 heavy (non-hydrogen) atoms. The Balaban J connectivity index is 1.25. The van der Waals surface area contributed by atoms with E-state index in [0.29, 0.717) is 63.3 Å². The van der Waals surface area contributed by atoms with Crippen molar-refractivity contribution in [2.24, 2.45) is 17.8 Å². The van der Waals surface area contributed by atoms with E-state index in [1.165, 1.54) is 4.90 Å². The lowest BCUT2D eigenvalue weighted by atomic mass is 9.85. The van der Waals surface area contributed by atoms with Crippen LogP contribution in [0.2, 0.25) is 0 Å². The van der Waals surface area contributed by atoms with Crippen LogP contribution in [0.5, 0.6) is 11.8 Å². The number of rotatable bonds is 9. The second-order valence-corrected chi connectivity index (χ2v) is 20.5. The summed E-state index contributed by atoms with van der Waals surface area (Å²) < 4.78 is 74.4. The number of hydrogen-bond acceptors (Lipinski definition) is 10. The quantitative estimate of drug-likeness (QED) is 0.264. The summed E-state index contributed by atoms with van der Waals surface area (Å²) in [6, 6.07) is 5.04. The number of aryl methyl sites for hydroxylation is 1. The third-order valence-corrected chi connectivity index (χ3v) is 15.5. The van der Waals surface area contributed by atoms with Crippen molar-refractivity contribution < 1.29 is 50.6 Å². The first-order valence-electron chi connectivity index (χ1n) is 21.1. The Hall–Kier alpha value is -4.54. The van der Waals surface area contributed by atoms with Crippen LogP contribution < -0.4 is 24.8 Å². The smallest absolute Gasteiger partial charge is 0.408 e. The summed E-state index contributed by atoms with van der Waals surface area (Å²) in [5.41, 5.74) is -2.87. The predicted molar refractivity (Wildman–Crippen MR) is 218 cm³/mol. The van der Waals surface area contributed by atoms with Crippen LogP contribution in [0.25, 0.3) is 10.8 Å². The van der Waals surface area contributed by atoms with Gasteiger partial charge in [0.05, 0.1) is 17.9 Å². The van der Waals surface area contributed by atoms with E-state index in [1.807, 2.05) is 50.3 Å². The molecule has 4 amide bonds. The van der Waals surface area contributed by atoms with E-state index in [0.717, 1.165) is 37.6 Å². The number of ether oxygens (including phenoxy) is 3. The molecule has 1 aromatic heterocycles. The number of amides is 4. The second-order valence-electron chi connectivity index (χ2n) is 18.3. The second kappa shape index (κ2) is 16.1. The molecule has 3 fully saturated rings. The number of halogens is 2. The minimum Gasteiger partial charge on any atom is -0.477 e. The number of fused-ring (bicyclic) bond motifs is 5. The highest BCUT2D eigenvalue weighted by Gasteiger charge is 2.63. The molecule has 3 N–H and O–H groups in total. The molecule has 7 atom stereocenters. The summed E-state index contributed by atoms with van der Waals surface area (Å²) in [5.74, 6) is -5.93. The molecule has 0 bridgehead atoms. The number of pyridine rings is 1. The third kappa shape index (κ3) is 8.51. The van der Waals surface area contributed by atoms with Crippen LogP contribution in [-0.2, 0) is 35.6 Å². The molecular weight excluding hydrogens is 801 g/mol. The van der Waals surface area contributed by atoms with Crippen molar-refractivity contribution in [1.82, 2.24) is 25.2 Å². The van der Waals surface area contributed by atoms with Gasteiger partial charge >= 0.3 is 6.09 Å². The van der Waals surface area contributed by atoms with E-state index >= 15 is 4.79 Å². The topological polar surface area (TPSA) is 182 Å². The minimum absolute atomic E-state index is 0.0294. The van der Waals surface area contributed by atoms with Gasteiger partial charge in [-0.25, -0.2) is 22.0 Å². The van der Waals surface area contributed by atoms with Crippen molar-refractivity contribution in [2.75, 3.05) is 13.2 Å². The van der Waals surface area contributed by atoms with Crippen LogP contribution in [0, 0.1) is 17.8 Å². The van der Waals surface area contributed by atoms with E-state index in [-0.39, 0.29) is 31.2 Å². The lowest BCUT2D eigenvalue weighted by molar-refractivity contribution is -0.152. The molecule has 0 radical (unpaired) electrons. The first kappa shape index (κ1) is 43.5. The summed E-state index contributed by atoms with van der Waals surface area (Å²) in [5, 5.41) is 7.10. The number of aromatic nitrogens is 1. The standard InChI is InChI=1S/C43H57F2N5O9S/c1-7-26-21-25(2)13-8-9-14-27-23-43(27,38(53)49-60(55,56)41(5)18-19-41)48-34(51)32-22-28(24-50(32)37(52)33(26)46-39(54)59-40(3,4)42(6,44)45)58-36-31-16-11-10-15-29(31)30-17-12-20-57-35(30)47-36/h9-11,14-16,25-28,32-33H,7-8,12-13,17-24H2,1-6H3,(H,46,54)(H,48,51)(H,49,53)/b14-9-/t25-,26-,27-,28-,32+,33+,43-/m1/s1. The first-order chi connectivity index (χ1) is 28.2. The van der Waals surface area contributed by atoms with Crippen LogP contribution in [-0.4, -0.2) is 95.3 Å². The van der Waals surface area contributed by atoms with Gasteiger partial charge in [0.1, 0.15) is 23.7 Å². The third-order valence-electron chi connectivity index (χ3n) is 13.3. The first-order valence-corrected chi connectivity index (χ1v) is 22.6. The normalized spacial score (nSPS) is 29.9. The molecule has 0 unspecified atom stereocenters. The molecule has 1 saturated heterocycles. The number of carbonyl (C=O) groups excluding carboxylic acids is 4. The number of benzene rings is 1. The Morgan fingerprint density at radius 1 is 1.12 bits per heavy atom. The number of nitrogens with zero attached hydrogens (tertiary/aromatic N) is 2. The van der Waals surface area contributed by atoms with Crippen molar-refractivity contribution >= 4 is 44.6 Å². The van der Waals surface area contributed by atoms with Gasteiger partial charge in [0.15, 0.2) is 5.60 Å². The average molecular weight is 858 g/mol. The van der Waals surface area contributed by atoms with E-state index in [4.69, 9.17) is 19.2 Å². The van der Waals surface area contributed by atoms with E-state index in [1.54, 1.807) is 6.92 Å². The van der Waals surface area contributed by atoms with Crippen LogP contribution in [0.3, 0.4) is 0 Å². The number of sulfonamides is 1. The lowest BCUT2D eigenvalue weighted by Crippen LogP contribution is -2.60. The van der Waals surface area contributed by atoms with Gasteiger partial charge in [-0.15, -0.1) is 0 Å². The van der Waals surface area contributed by atoms with Crippen molar-refractivity contribution in [3.05, 3.63) is 42.0 Å². The Kier molecular flexibility index (Phi) is 11.7. The Labute approximate surface area is 350 Å².